The quantitative estimate of drug-likeness (QED) is 0.738. The third kappa shape index (κ3) is 4.66. The Kier molecular flexibility index (Phi) is 5.91. The van der Waals surface area contributed by atoms with Crippen LogP contribution in [0.1, 0.15) is 11.4 Å². The number of methoxy groups -OCH3 is 1. The first-order chi connectivity index (χ1) is 10.2. The molecule has 0 fully saturated rings. The van der Waals surface area contributed by atoms with E-state index in [0.717, 1.165) is 12.1 Å². The number of aromatic nitrogens is 4. The van der Waals surface area contributed by atoms with Crippen LogP contribution in [0.25, 0.3) is 0 Å². The van der Waals surface area contributed by atoms with Crippen LogP contribution in [0.2, 0.25) is 5.02 Å². The molecule has 2 aromatic rings. The first-order valence-corrected chi connectivity index (χ1v) is 6.91. The molecule has 7 nitrogen and oxygen atoms in total. The number of hydrogen-bond acceptors (Lipinski definition) is 6. The van der Waals surface area contributed by atoms with Crippen LogP contribution in [0.5, 0.6) is 5.75 Å². The first kappa shape index (κ1) is 15.7. The molecule has 0 aliphatic carbocycles. The van der Waals surface area contributed by atoms with Gasteiger partial charge < -0.3 is 14.8 Å². The highest BCUT2D eigenvalue weighted by Gasteiger charge is 2.09. The molecular weight excluding hydrogens is 294 g/mol. The number of rotatable bonds is 8. The van der Waals surface area contributed by atoms with Crippen LogP contribution in [0, 0.1) is 0 Å². The molecule has 0 saturated heterocycles. The lowest BCUT2D eigenvalue weighted by Gasteiger charge is -2.12. The molecule has 8 heteroatoms. The summed E-state index contributed by atoms with van der Waals surface area (Å²) in [5.41, 5.74) is 0.902. The fraction of sp³-hybridized carbons (Fsp3) is 0.462. The van der Waals surface area contributed by atoms with Gasteiger partial charge in [0.05, 0.1) is 13.7 Å². The second-order valence-corrected chi connectivity index (χ2v) is 4.78. The van der Waals surface area contributed by atoms with Crippen molar-refractivity contribution in [1.29, 1.82) is 0 Å². The van der Waals surface area contributed by atoms with E-state index in [1.807, 2.05) is 18.2 Å². The van der Waals surface area contributed by atoms with Gasteiger partial charge in [-0.05, 0) is 17.3 Å². The lowest BCUT2D eigenvalue weighted by Crippen LogP contribution is -2.19. The highest BCUT2D eigenvalue weighted by atomic mass is 35.5. The number of tetrazole rings is 1. The molecule has 0 aliphatic heterocycles. The molecule has 2 rings (SSSR count). The van der Waals surface area contributed by atoms with E-state index in [1.165, 1.54) is 4.80 Å². The molecule has 0 saturated carbocycles. The van der Waals surface area contributed by atoms with Crippen molar-refractivity contribution in [2.45, 2.75) is 13.2 Å². The molecule has 1 aromatic carbocycles. The third-order valence-corrected chi connectivity index (χ3v) is 3.12. The van der Waals surface area contributed by atoms with E-state index >= 15 is 0 Å². The van der Waals surface area contributed by atoms with Crippen molar-refractivity contribution in [2.75, 3.05) is 20.3 Å². The van der Waals surface area contributed by atoms with Crippen LogP contribution in [-0.2, 0) is 24.9 Å². The lowest BCUT2D eigenvalue weighted by atomic mass is 10.2. The van der Waals surface area contributed by atoms with Gasteiger partial charge in [-0.1, -0.05) is 17.7 Å². The zero-order valence-corrected chi connectivity index (χ0v) is 12.8. The largest absolute Gasteiger partial charge is 0.485 e. The molecule has 0 radical (unpaired) electrons. The number of ether oxygens (including phenoxy) is 2. The van der Waals surface area contributed by atoms with Gasteiger partial charge in [0.1, 0.15) is 5.75 Å². The molecule has 0 spiro atoms. The first-order valence-electron chi connectivity index (χ1n) is 6.53. The van der Waals surface area contributed by atoms with Gasteiger partial charge in [-0.15, -0.1) is 10.2 Å². The Bertz CT molecular complexity index is 575. The molecule has 1 N–H and O–H groups in total. The summed E-state index contributed by atoms with van der Waals surface area (Å²) in [5.74, 6) is 1.23. The maximum Gasteiger partial charge on any atom is 0.212 e. The van der Waals surface area contributed by atoms with E-state index in [2.05, 4.69) is 20.7 Å². The summed E-state index contributed by atoms with van der Waals surface area (Å²) in [5, 5.41) is 15.6. The van der Waals surface area contributed by atoms with Gasteiger partial charge in [0.15, 0.2) is 6.61 Å². The van der Waals surface area contributed by atoms with Gasteiger partial charge in [-0.3, -0.25) is 0 Å². The van der Waals surface area contributed by atoms with Gasteiger partial charge >= 0.3 is 0 Å². The van der Waals surface area contributed by atoms with E-state index in [1.54, 1.807) is 14.2 Å². The summed E-state index contributed by atoms with van der Waals surface area (Å²) in [6.45, 7) is 2.24. The van der Waals surface area contributed by atoms with Crippen molar-refractivity contribution >= 4 is 11.6 Å². The van der Waals surface area contributed by atoms with E-state index in [0.29, 0.717) is 29.7 Å². The van der Waals surface area contributed by atoms with Crippen molar-refractivity contribution < 1.29 is 9.47 Å². The second-order valence-electron chi connectivity index (χ2n) is 4.37. The molecule has 1 heterocycles. The Balaban J connectivity index is 1.99. The van der Waals surface area contributed by atoms with Gasteiger partial charge in [0.2, 0.25) is 5.82 Å². The Morgan fingerprint density at radius 1 is 1.38 bits per heavy atom. The summed E-state index contributed by atoms with van der Waals surface area (Å²) in [7, 11) is 3.38. The van der Waals surface area contributed by atoms with Crippen molar-refractivity contribution in [3.8, 4) is 5.75 Å². The minimum absolute atomic E-state index is 0.249. The molecular formula is C13H18ClN5O2. The molecule has 0 amide bonds. The zero-order valence-electron chi connectivity index (χ0n) is 12.0. The minimum atomic E-state index is 0.249. The number of benzene rings is 1. The lowest BCUT2D eigenvalue weighted by molar-refractivity contribution is 0.199. The predicted molar refractivity (Wildman–Crippen MR) is 78.2 cm³/mol. The molecule has 0 unspecified atom stereocenters. The molecule has 114 valence electrons. The highest BCUT2D eigenvalue weighted by Crippen LogP contribution is 2.26. The number of aryl methyl sites for hydroxylation is 1. The monoisotopic (exact) mass is 311 g/mol. The van der Waals surface area contributed by atoms with E-state index in [-0.39, 0.29) is 6.61 Å². The van der Waals surface area contributed by atoms with Crippen LogP contribution < -0.4 is 10.1 Å². The number of halogens is 1. The Morgan fingerprint density at radius 2 is 2.24 bits per heavy atom. The summed E-state index contributed by atoms with van der Waals surface area (Å²) < 4.78 is 10.7. The average Bonchev–Trinajstić information content (AvgIpc) is 2.89. The van der Waals surface area contributed by atoms with Crippen LogP contribution in [0.15, 0.2) is 18.2 Å². The maximum atomic E-state index is 6.23. The normalized spacial score (nSPS) is 10.8. The van der Waals surface area contributed by atoms with Crippen LogP contribution in [0.3, 0.4) is 0 Å². The summed E-state index contributed by atoms with van der Waals surface area (Å²) in [6.07, 6.45) is 0. The van der Waals surface area contributed by atoms with E-state index in [9.17, 15) is 0 Å². The van der Waals surface area contributed by atoms with Crippen LogP contribution in [-0.4, -0.2) is 40.5 Å². The topological polar surface area (TPSA) is 74.1 Å². The van der Waals surface area contributed by atoms with Crippen LogP contribution in [0.4, 0.5) is 0 Å². The smallest absolute Gasteiger partial charge is 0.212 e. The minimum Gasteiger partial charge on any atom is -0.485 e. The fourth-order valence-corrected chi connectivity index (χ4v) is 1.99. The molecule has 0 atom stereocenters. The van der Waals surface area contributed by atoms with Gasteiger partial charge in [-0.25, -0.2) is 0 Å². The molecule has 0 bridgehead atoms. The standard InChI is InChI=1S/C13H18ClN5O2/c1-19-17-13(16-18-19)9-21-12-5-3-4-11(14)10(12)8-15-6-7-20-2/h3-5,15H,6-9H2,1-2H3. The van der Waals surface area contributed by atoms with Crippen molar-refractivity contribution in [1.82, 2.24) is 25.5 Å². The Hall–Kier alpha value is -1.70. The maximum absolute atomic E-state index is 6.23. The molecule has 21 heavy (non-hydrogen) atoms. The molecule has 1 aromatic heterocycles. The Morgan fingerprint density at radius 3 is 2.95 bits per heavy atom. The summed E-state index contributed by atoms with van der Waals surface area (Å²) in [4.78, 5) is 1.39. The number of hydrogen-bond donors (Lipinski definition) is 1. The predicted octanol–water partition coefficient (Wildman–Crippen LogP) is 1.18. The summed E-state index contributed by atoms with van der Waals surface area (Å²) >= 11 is 6.23. The van der Waals surface area contributed by atoms with Gasteiger partial charge in [0, 0.05) is 30.8 Å². The second kappa shape index (κ2) is 7.92. The summed E-state index contributed by atoms with van der Waals surface area (Å²) in [6, 6.07) is 5.55. The van der Waals surface area contributed by atoms with Crippen molar-refractivity contribution in [3.63, 3.8) is 0 Å². The van der Waals surface area contributed by atoms with Gasteiger partial charge in [0.25, 0.3) is 0 Å². The van der Waals surface area contributed by atoms with Crippen molar-refractivity contribution in [3.05, 3.63) is 34.6 Å². The number of nitrogens with one attached hydrogen (secondary N) is 1. The van der Waals surface area contributed by atoms with Gasteiger partial charge in [-0.2, -0.15) is 4.80 Å². The third-order valence-electron chi connectivity index (χ3n) is 2.77. The molecule has 0 aliphatic rings. The SMILES string of the molecule is COCCNCc1c(Cl)cccc1OCc1nnn(C)n1. The Labute approximate surface area is 128 Å². The number of nitrogens with zero attached hydrogens (tertiary/aromatic N) is 4. The van der Waals surface area contributed by atoms with Crippen molar-refractivity contribution in [2.24, 2.45) is 7.05 Å². The van der Waals surface area contributed by atoms with E-state index < -0.39 is 0 Å². The highest BCUT2D eigenvalue weighted by molar-refractivity contribution is 6.31. The fourth-order valence-electron chi connectivity index (χ4n) is 1.76. The zero-order chi connectivity index (χ0) is 15.1. The average molecular weight is 312 g/mol. The van der Waals surface area contributed by atoms with E-state index in [4.69, 9.17) is 21.1 Å². The van der Waals surface area contributed by atoms with Crippen LogP contribution >= 0.6 is 11.6 Å².